The van der Waals surface area contributed by atoms with E-state index in [0.717, 1.165) is 22.7 Å². The first-order valence-electron chi connectivity index (χ1n) is 8.32. The van der Waals surface area contributed by atoms with E-state index < -0.39 is 27.8 Å². The maximum atomic E-state index is 12.8. The number of hydrogen-bond donors (Lipinski definition) is 1. The number of methoxy groups -OCH3 is 1. The third-order valence-electron chi connectivity index (χ3n) is 4.26. The Bertz CT molecular complexity index is 983. The number of hydrogen-bond acceptors (Lipinski definition) is 7. The largest absolute Gasteiger partial charge is 0.497 e. The monoisotopic (exact) mass is 438 g/mol. The molecular formula is C18H18N2O5S3. The minimum atomic E-state index is -3.28. The maximum Gasteiger partial charge on any atom is 0.266 e. The molecule has 1 aromatic carbocycles. The van der Waals surface area contributed by atoms with E-state index in [1.54, 1.807) is 32.2 Å². The minimum Gasteiger partial charge on any atom is -0.497 e. The Morgan fingerprint density at radius 3 is 2.64 bits per heavy atom. The Morgan fingerprint density at radius 1 is 1.39 bits per heavy atom. The zero-order valence-electron chi connectivity index (χ0n) is 15.1. The van der Waals surface area contributed by atoms with Gasteiger partial charge in [0.05, 0.1) is 23.8 Å². The average molecular weight is 439 g/mol. The van der Waals surface area contributed by atoms with Gasteiger partial charge < -0.3 is 10.1 Å². The van der Waals surface area contributed by atoms with Crippen molar-refractivity contribution in [2.75, 3.05) is 12.9 Å². The van der Waals surface area contributed by atoms with Crippen LogP contribution >= 0.6 is 24.0 Å². The standard InChI is InChI=1S/C18H18N2O5S3/c1-11(16(21)19-13-7-8-28(23,24)10-13)20-17(22)15(27-18(20)26)9-12-3-5-14(25-2)6-4-12/h3-9,11,13H,10H2,1-2H3,(H,19,21)/b15-9-/t11-,13-/m1/s1. The lowest BCUT2D eigenvalue weighted by molar-refractivity contribution is -0.132. The number of rotatable bonds is 5. The summed E-state index contributed by atoms with van der Waals surface area (Å²) in [5, 5.41) is 3.71. The highest BCUT2D eigenvalue weighted by Crippen LogP contribution is 2.34. The van der Waals surface area contributed by atoms with Crippen LogP contribution < -0.4 is 10.1 Å². The van der Waals surface area contributed by atoms with Crippen LogP contribution in [0.2, 0.25) is 0 Å². The van der Waals surface area contributed by atoms with Crippen molar-refractivity contribution >= 4 is 56.0 Å². The van der Waals surface area contributed by atoms with Gasteiger partial charge in [-0.05, 0) is 36.8 Å². The lowest BCUT2D eigenvalue weighted by Gasteiger charge is -2.23. The molecular weight excluding hydrogens is 420 g/mol. The van der Waals surface area contributed by atoms with E-state index >= 15 is 0 Å². The van der Waals surface area contributed by atoms with E-state index in [1.807, 2.05) is 12.1 Å². The van der Waals surface area contributed by atoms with Crippen LogP contribution in [0.1, 0.15) is 12.5 Å². The number of benzene rings is 1. The highest BCUT2D eigenvalue weighted by molar-refractivity contribution is 8.26. The molecule has 2 amide bonds. The van der Waals surface area contributed by atoms with Gasteiger partial charge in [0.15, 0.2) is 9.84 Å². The summed E-state index contributed by atoms with van der Waals surface area (Å²) in [5.41, 5.74) is 0.805. The number of ether oxygens (including phenoxy) is 1. The highest BCUT2D eigenvalue weighted by atomic mass is 32.2. The number of thioether (sulfide) groups is 1. The van der Waals surface area contributed by atoms with Crippen LogP contribution in [0.25, 0.3) is 6.08 Å². The quantitative estimate of drug-likeness (QED) is 0.553. The molecule has 10 heteroatoms. The Hall–Kier alpha value is -2.17. The summed E-state index contributed by atoms with van der Waals surface area (Å²) in [6.45, 7) is 1.56. The number of carbonyl (C=O) groups is 2. The molecule has 2 aliphatic heterocycles. The van der Waals surface area contributed by atoms with Gasteiger partial charge in [0.25, 0.3) is 5.91 Å². The van der Waals surface area contributed by atoms with Crippen LogP contribution in [0.15, 0.2) is 40.7 Å². The molecule has 0 bridgehead atoms. The molecule has 28 heavy (non-hydrogen) atoms. The summed E-state index contributed by atoms with van der Waals surface area (Å²) in [6.07, 6.45) is 3.13. The summed E-state index contributed by atoms with van der Waals surface area (Å²) >= 11 is 6.40. The Balaban J connectivity index is 1.70. The highest BCUT2D eigenvalue weighted by Gasteiger charge is 2.39. The van der Waals surface area contributed by atoms with Crippen molar-refractivity contribution in [3.63, 3.8) is 0 Å². The van der Waals surface area contributed by atoms with Crippen LogP contribution in [0.3, 0.4) is 0 Å². The molecule has 0 radical (unpaired) electrons. The third kappa shape index (κ3) is 4.45. The fourth-order valence-corrected chi connectivity index (χ4v) is 5.41. The average Bonchev–Trinajstić information content (AvgIpc) is 3.13. The van der Waals surface area contributed by atoms with Gasteiger partial charge in [-0.2, -0.15) is 0 Å². The van der Waals surface area contributed by atoms with Crippen LogP contribution in [0, 0.1) is 0 Å². The van der Waals surface area contributed by atoms with Gasteiger partial charge in [-0.25, -0.2) is 8.42 Å². The number of nitrogens with zero attached hydrogens (tertiary/aromatic N) is 1. The summed E-state index contributed by atoms with van der Waals surface area (Å²) in [6, 6.07) is 5.74. The molecule has 1 N–H and O–H groups in total. The van der Waals surface area contributed by atoms with E-state index in [0.29, 0.717) is 10.7 Å². The summed E-state index contributed by atoms with van der Waals surface area (Å²) in [4.78, 5) is 26.9. The van der Waals surface area contributed by atoms with Crippen molar-refractivity contribution in [1.82, 2.24) is 10.2 Å². The SMILES string of the molecule is COc1ccc(/C=C2\SC(=S)N([C@H](C)C(=O)N[C@@H]3C=CS(=O)(=O)C3)C2=O)cc1. The molecule has 7 nitrogen and oxygen atoms in total. The molecule has 3 rings (SSSR count). The van der Waals surface area contributed by atoms with E-state index in [4.69, 9.17) is 17.0 Å². The van der Waals surface area contributed by atoms with Crippen molar-refractivity contribution < 1.29 is 22.7 Å². The molecule has 1 saturated heterocycles. The topological polar surface area (TPSA) is 92.8 Å². The predicted octanol–water partition coefficient (Wildman–Crippen LogP) is 1.71. The van der Waals surface area contributed by atoms with Gasteiger partial charge in [0.1, 0.15) is 16.1 Å². The number of amides is 2. The summed E-state index contributed by atoms with van der Waals surface area (Å²) < 4.78 is 28.3. The fourth-order valence-electron chi connectivity index (χ4n) is 2.75. The zero-order valence-corrected chi connectivity index (χ0v) is 17.6. The van der Waals surface area contributed by atoms with Crippen LogP contribution in [-0.2, 0) is 19.4 Å². The second-order valence-corrected chi connectivity index (χ2v) is 9.88. The van der Waals surface area contributed by atoms with Gasteiger partial charge in [-0.15, -0.1) is 0 Å². The first kappa shape index (κ1) is 20.6. The molecule has 1 fully saturated rings. The van der Waals surface area contributed by atoms with E-state index in [2.05, 4.69) is 5.32 Å². The lowest BCUT2D eigenvalue weighted by Crippen LogP contribution is -2.49. The van der Waals surface area contributed by atoms with Gasteiger partial charge in [0.2, 0.25) is 5.91 Å². The van der Waals surface area contributed by atoms with Crippen LogP contribution in [0.4, 0.5) is 0 Å². The number of carbonyl (C=O) groups excluding carboxylic acids is 2. The molecule has 2 aliphatic rings. The van der Waals surface area contributed by atoms with Crippen molar-refractivity contribution in [3.05, 3.63) is 46.2 Å². The van der Waals surface area contributed by atoms with E-state index in [1.165, 1.54) is 11.0 Å². The molecule has 2 atom stereocenters. The van der Waals surface area contributed by atoms with Crippen molar-refractivity contribution in [2.24, 2.45) is 0 Å². The minimum absolute atomic E-state index is 0.179. The summed E-state index contributed by atoms with van der Waals surface area (Å²) in [5.74, 6) is -0.295. The third-order valence-corrected chi connectivity index (χ3v) is 6.99. The molecule has 0 saturated carbocycles. The van der Waals surface area contributed by atoms with Gasteiger partial charge in [-0.1, -0.05) is 36.1 Å². The van der Waals surface area contributed by atoms with E-state index in [9.17, 15) is 18.0 Å². The Kier molecular flexibility index (Phi) is 5.92. The molecule has 0 unspecified atom stereocenters. The second-order valence-electron chi connectivity index (χ2n) is 6.27. The smallest absolute Gasteiger partial charge is 0.266 e. The number of thiocarbonyl (C=S) groups is 1. The van der Waals surface area contributed by atoms with Gasteiger partial charge in [-0.3, -0.25) is 14.5 Å². The molecule has 0 aliphatic carbocycles. The fraction of sp³-hybridized carbons (Fsp3) is 0.278. The first-order chi connectivity index (χ1) is 13.2. The molecule has 0 aromatic heterocycles. The molecule has 0 spiro atoms. The van der Waals surface area contributed by atoms with Crippen LogP contribution in [-0.4, -0.2) is 54.4 Å². The normalized spacial score (nSPS) is 23.3. The second kappa shape index (κ2) is 8.06. The number of nitrogens with one attached hydrogen (secondary N) is 1. The molecule has 2 heterocycles. The summed E-state index contributed by atoms with van der Waals surface area (Å²) in [7, 11) is -1.71. The first-order valence-corrected chi connectivity index (χ1v) is 11.3. The number of sulfone groups is 1. The zero-order chi connectivity index (χ0) is 20.5. The Labute approximate surface area is 172 Å². The van der Waals surface area contributed by atoms with Gasteiger partial charge >= 0.3 is 0 Å². The van der Waals surface area contributed by atoms with Crippen LogP contribution in [0.5, 0.6) is 5.75 Å². The Morgan fingerprint density at radius 2 is 2.07 bits per heavy atom. The molecule has 148 valence electrons. The van der Waals surface area contributed by atoms with Gasteiger partial charge in [0, 0.05) is 5.41 Å². The predicted molar refractivity (Wildman–Crippen MR) is 112 cm³/mol. The van der Waals surface area contributed by atoms with E-state index in [-0.39, 0.29) is 16.0 Å². The maximum absolute atomic E-state index is 12.8. The lowest BCUT2D eigenvalue weighted by atomic mass is 10.2. The van der Waals surface area contributed by atoms with Crippen molar-refractivity contribution in [3.8, 4) is 5.75 Å². The molecule has 1 aromatic rings. The van der Waals surface area contributed by atoms with Crippen molar-refractivity contribution in [1.29, 1.82) is 0 Å². The van der Waals surface area contributed by atoms with Crippen molar-refractivity contribution in [2.45, 2.75) is 19.0 Å².